The molecule has 3 unspecified atom stereocenters. The largest absolute Gasteiger partial charge is 0.337 e. The van der Waals surface area contributed by atoms with Crippen molar-refractivity contribution in [2.45, 2.75) is 49.0 Å². The number of aromatic nitrogens is 2. The molecule has 2 rings (SSSR count). The Balaban J connectivity index is 2.11. The predicted molar refractivity (Wildman–Crippen MR) is 78.1 cm³/mol. The molecule has 102 valence electrons. The lowest BCUT2D eigenvalue weighted by Gasteiger charge is -2.29. The lowest BCUT2D eigenvalue weighted by atomic mass is 10.1. The first-order valence-corrected chi connectivity index (χ1v) is 8.23. The van der Waals surface area contributed by atoms with E-state index in [1.54, 1.807) is 0 Å². The Morgan fingerprint density at radius 1 is 1.33 bits per heavy atom. The number of nitrogens with zero attached hydrogens (tertiary/aromatic N) is 2. The third-order valence-electron chi connectivity index (χ3n) is 3.44. The van der Waals surface area contributed by atoms with E-state index in [-0.39, 0.29) is 5.54 Å². The van der Waals surface area contributed by atoms with E-state index in [4.69, 9.17) is 4.52 Å². The smallest absolute Gasteiger partial charge is 0.246 e. The number of nitrogens with one attached hydrogen (secondary N) is 1. The number of thioether (sulfide) groups is 2. The maximum absolute atomic E-state index is 5.39. The van der Waals surface area contributed by atoms with E-state index >= 15 is 0 Å². The molecule has 1 fully saturated rings. The standard InChI is InChI=1S/C12H21N3OS2/c1-7-8(2)18-9(6-17-7)10-14-11(16-15-10)12(3,4)13-5/h7-9,13H,6H2,1-5H3. The van der Waals surface area contributed by atoms with Crippen molar-refractivity contribution >= 4 is 23.5 Å². The van der Waals surface area contributed by atoms with Gasteiger partial charge in [-0.25, -0.2) is 0 Å². The monoisotopic (exact) mass is 287 g/mol. The van der Waals surface area contributed by atoms with Crippen molar-refractivity contribution in [2.75, 3.05) is 12.8 Å². The second-order valence-electron chi connectivity index (χ2n) is 5.20. The van der Waals surface area contributed by atoms with Crippen molar-refractivity contribution in [3.63, 3.8) is 0 Å². The zero-order valence-electron chi connectivity index (χ0n) is 11.6. The molecule has 4 nitrogen and oxygen atoms in total. The van der Waals surface area contributed by atoms with Gasteiger partial charge in [0.1, 0.15) is 0 Å². The molecule has 3 atom stereocenters. The molecule has 0 radical (unpaired) electrons. The van der Waals surface area contributed by atoms with Gasteiger partial charge in [0.05, 0.1) is 10.8 Å². The van der Waals surface area contributed by atoms with Gasteiger partial charge in [-0.05, 0) is 20.9 Å². The highest BCUT2D eigenvalue weighted by Crippen LogP contribution is 2.43. The molecule has 0 aliphatic carbocycles. The summed E-state index contributed by atoms with van der Waals surface area (Å²) in [6.45, 7) is 8.63. The van der Waals surface area contributed by atoms with Gasteiger partial charge in [-0.2, -0.15) is 16.7 Å². The predicted octanol–water partition coefficient (Wildman–Crippen LogP) is 2.82. The first-order chi connectivity index (χ1) is 8.44. The van der Waals surface area contributed by atoms with E-state index in [2.05, 4.69) is 29.3 Å². The second kappa shape index (κ2) is 5.43. The molecule has 0 saturated carbocycles. The van der Waals surface area contributed by atoms with Gasteiger partial charge >= 0.3 is 0 Å². The summed E-state index contributed by atoms with van der Waals surface area (Å²) in [6, 6.07) is 0. The fraction of sp³-hybridized carbons (Fsp3) is 0.833. The van der Waals surface area contributed by atoms with Gasteiger partial charge in [0.25, 0.3) is 0 Å². The second-order valence-corrected chi connectivity index (χ2v) is 8.20. The molecule has 1 aliphatic heterocycles. The van der Waals surface area contributed by atoms with Crippen molar-refractivity contribution < 1.29 is 4.52 Å². The zero-order valence-corrected chi connectivity index (χ0v) is 13.2. The fourth-order valence-corrected chi connectivity index (χ4v) is 4.48. The summed E-state index contributed by atoms with van der Waals surface area (Å²) >= 11 is 3.95. The summed E-state index contributed by atoms with van der Waals surface area (Å²) in [6.07, 6.45) is 0. The van der Waals surface area contributed by atoms with Crippen LogP contribution in [-0.2, 0) is 5.54 Å². The minimum absolute atomic E-state index is 0.267. The number of rotatable bonds is 3. The molecular formula is C12H21N3OS2. The molecular weight excluding hydrogens is 266 g/mol. The number of hydrogen-bond donors (Lipinski definition) is 1. The Bertz CT molecular complexity index is 408. The maximum atomic E-state index is 5.39. The Morgan fingerprint density at radius 3 is 2.67 bits per heavy atom. The normalized spacial score (nSPS) is 29.5. The van der Waals surface area contributed by atoms with Gasteiger partial charge in [0, 0.05) is 16.3 Å². The molecule has 0 bridgehead atoms. The van der Waals surface area contributed by atoms with Crippen LogP contribution >= 0.6 is 23.5 Å². The van der Waals surface area contributed by atoms with Crippen LogP contribution in [0.2, 0.25) is 0 Å². The lowest BCUT2D eigenvalue weighted by Crippen LogP contribution is -2.33. The fourth-order valence-electron chi connectivity index (χ4n) is 1.65. The molecule has 0 aromatic carbocycles. The highest BCUT2D eigenvalue weighted by Gasteiger charge is 2.32. The summed E-state index contributed by atoms with van der Waals surface area (Å²) in [7, 11) is 1.90. The molecule has 18 heavy (non-hydrogen) atoms. The molecule has 1 saturated heterocycles. The van der Waals surface area contributed by atoms with Crippen molar-refractivity contribution in [1.29, 1.82) is 0 Å². The molecule has 1 aromatic rings. The highest BCUT2D eigenvalue weighted by molar-refractivity contribution is 8.07. The quantitative estimate of drug-likeness (QED) is 0.922. The van der Waals surface area contributed by atoms with Gasteiger partial charge in [-0.3, -0.25) is 0 Å². The minimum Gasteiger partial charge on any atom is -0.337 e. The number of hydrogen-bond acceptors (Lipinski definition) is 6. The Kier molecular flexibility index (Phi) is 4.29. The van der Waals surface area contributed by atoms with Crippen LogP contribution in [0.4, 0.5) is 0 Å². The van der Waals surface area contributed by atoms with Crippen LogP contribution in [-0.4, -0.2) is 33.4 Å². The summed E-state index contributed by atoms with van der Waals surface area (Å²) in [5.41, 5.74) is -0.267. The third-order valence-corrected chi connectivity index (χ3v) is 6.83. The van der Waals surface area contributed by atoms with Crippen molar-refractivity contribution in [3.8, 4) is 0 Å². The lowest BCUT2D eigenvalue weighted by molar-refractivity contribution is 0.279. The summed E-state index contributed by atoms with van der Waals surface area (Å²) in [5.74, 6) is 2.57. The average molecular weight is 287 g/mol. The van der Waals surface area contributed by atoms with Gasteiger partial charge in [-0.15, -0.1) is 11.8 Å². The summed E-state index contributed by atoms with van der Waals surface area (Å²) in [5, 5.41) is 9.02. The molecule has 2 heterocycles. The van der Waals surface area contributed by atoms with Gasteiger partial charge in [0.2, 0.25) is 5.89 Å². The van der Waals surface area contributed by atoms with Crippen LogP contribution < -0.4 is 5.32 Å². The van der Waals surface area contributed by atoms with Crippen LogP contribution in [0.3, 0.4) is 0 Å². The summed E-state index contributed by atoms with van der Waals surface area (Å²) in [4.78, 5) is 4.56. The van der Waals surface area contributed by atoms with Gasteiger partial charge in [0.15, 0.2) is 5.82 Å². The average Bonchev–Trinajstić information content (AvgIpc) is 2.83. The van der Waals surface area contributed by atoms with E-state index in [1.807, 2.05) is 44.4 Å². The van der Waals surface area contributed by atoms with Crippen molar-refractivity contribution in [3.05, 3.63) is 11.7 Å². The van der Waals surface area contributed by atoms with Gasteiger partial charge < -0.3 is 9.84 Å². The van der Waals surface area contributed by atoms with Crippen LogP contribution in [0.1, 0.15) is 44.7 Å². The highest BCUT2D eigenvalue weighted by atomic mass is 32.2. The van der Waals surface area contributed by atoms with Crippen molar-refractivity contribution in [2.24, 2.45) is 0 Å². The summed E-state index contributed by atoms with van der Waals surface area (Å²) < 4.78 is 5.39. The molecule has 0 amide bonds. The Hall–Kier alpha value is -0.200. The Labute approximate surface area is 117 Å². The van der Waals surface area contributed by atoms with E-state index in [0.717, 1.165) is 11.6 Å². The van der Waals surface area contributed by atoms with Crippen LogP contribution in [0, 0.1) is 0 Å². The zero-order chi connectivity index (χ0) is 13.3. The van der Waals surface area contributed by atoms with E-state index in [9.17, 15) is 0 Å². The third kappa shape index (κ3) is 2.86. The van der Waals surface area contributed by atoms with Crippen LogP contribution in [0.15, 0.2) is 4.52 Å². The van der Waals surface area contributed by atoms with Gasteiger partial charge in [-0.1, -0.05) is 19.0 Å². The molecule has 6 heteroatoms. The first kappa shape index (κ1) is 14.2. The molecule has 1 N–H and O–H groups in total. The van der Waals surface area contributed by atoms with Crippen LogP contribution in [0.5, 0.6) is 0 Å². The topological polar surface area (TPSA) is 51.0 Å². The first-order valence-electron chi connectivity index (χ1n) is 6.24. The van der Waals surface area contributed by atoms with Crippen molar-refractivity contribution in [1.82, 2.24) is 15.5 Å². The van der Waals surface area contributed by atoms with E-state index in [1.165, 1.54) is 0 Å². The molecule has 1 aliphatic rings. The Morgan fingerprint density at radius 2 is 2.06 bits per heavy atom. The maximum Gasteiger partial charge on any atom is 0.246 e. The van der Waals surface area contributed by atoms with E-state index in [0.29, 0.717) is 21.6 Å². The van der Waals surface area contributed by atoms with E-state index < -0.39 is 0 Å². The molecule has 0 spiro atoms. The minimum atomic E-state index is -0.267. The SMILES string of the molecule is CNC(C)(C)c1nc(C2CSC(C)C(C)S2)no1. The molecule has 1 aromatic heterocycles. The van der Waals surface area contributed by atoms with Crippen LogP contribution in [0.25, 0.3) is 0 Å².